The molecular weight excluding hydrogens is 231 g/mol. The molecule has 0 saturated carbocycles. The first-order valence-corrected chi connectivity index (χ1v) is 6.08. The highest BCUT2D eigenvalue weighted by atomic mass is 31.2. The third-order valence-corrected chi connectivity index (χ3v) is 2.20. The number of rotatable bonds is 8. The summed E-state index contributed by atoms with van der Waals surface area (Å²) in [5.41, 5.74) is 0. The normalized spacial score (nSPS) is 10.7. The molecule has 0 radical (unpaired) electrons. The van der Waals surface area contributed by atoms with Gasteiger partial charge in [-0.05, 0) is 26.0 Å². The summed E-state index contributed by atoms with van der Waals surface area (Å²) in [6, 6.07) is 9.18. The lowest BCUT2D eigenvalue weighted by Gasteiger charge is -2.13. The predicted octanol–water partition coefficient (Wildman–Crippen LogP) is 3.23. The fourth-order valence-electron chi connectivity index (χ4n) is 0.802. The van der Waals surface area contributed by atoms with Crippen LogP contribution in [0.2, 0.25) is 0 Å². The maximum Gasteiger partial charge on any atom is 0.456 e. The molecule has 16 heavy (non-hydrogen) atoms. The van der Waals surface area contributed by atoms with Gasteiger partial charge in [0.15, 0.2) is 0 Å². The molecule has 0 fully saturated rings. The Hall–Kier alpha value is -0.710. The van der Waals surface area contributed by atoms with Crippen molar-refractivity contribution in [1.82, 2.24) is 0 Å². The lowest BCUT2D eigenvalue weighted by Crippen LogP contribution is -1.99. The van der Waals surface area contributed by atoms with Crippen LogP contribution in [0.15, 0.2) is 30.3 Å². The minimum absolute atomic E-state index is 0.409. The average molecular weight is 246 g/mol. The Morgan fingerprint density at radius 1 is 0.938 bits per heavy atom. The monoisotopic (exact) mass is 246 g/mol. The van der Waals surface area contributed by atoms with Crippen molar-refractivity contribution < 1.29 is 23.6 Å². The summed E-state index contributed by atoms with van der Waals surface area (Å²) in [5.74, 6) is 0.632. The quantitative estimate of drug-likeness (QED) is 0.400. The standard InChI is InChI=1S/C10H15O5P/c1-3-11-14-16(15-12-4-2)13-10-8-6-5-7-9-10/h5-9H,3-4H2,1-2H3. The molecule has 0 amide bonds. The third kappa shape index (κ3) is 5.39. The van der Waals surface area contributed by atoms with Gasteiger partial charge in [-0.3, -0.25) is 0 Å². The van der Waals surface area contributed by atoms with Gasteiger partial charge in [0, 0.05) is 0 Å². The van der Waals surface area contributed by atoms with Crippen LogP contribution in [0.1, 0.15) is 13.8 Å². The second-order valence-corrected chi connectivity index (χ2v) is 3.52. The average Bonchev–Trinajstić information content (AvgIpc) is 2.34. The maximum atomic E-state index is 5.39. The lowest BCUT2D eigenvalue weighted by molar-refractivity contribution is -0.261. The molecule has 0 aliphatic rings. The van der Waals surface area contributed by atoms with Gasteiger partial charge in [-0.25, -0.2) is 9.78 Å². The van der Waals surface area contributed by atoms with Crippen LogP contribution in [0.5, 0.6) is 5.75 Å². The van der Waals surface area contributed by atoms with Crippen LogP contribution in [0.3, 0.4) is 0 Å². The lowest BCUT2D eigenvalue weighted by atomic mass is 10.3. The molecule has 5 nitrogen and oxygen atoms in total. The zero-order valence-corrected chi connectivity index (χ0v) is 10.2. The molecule has 0 aliphatic heterocycles. The molecule has 0 atom stereocenters. The Bertz CT molecular complexity index is 261. The van der Waals surface area contributed by atoms with E-state index in [9.17, 15) is 0 Å². The zero-order valence-electron chi connectivity index (χ0n) is 9.29. The molecule has 0 heterocycles. The van der Waals surface area contributed by atoms with E-state index >= 15 is 0 Å². The van der Waals surface area contributed by atoms with Crippen molar-refractivity contribution in [2.24, 2.45) is 0 Å². The van der Waals surface area contributed by atoms with Crippen LogP contribution in [-0.2, 0) is 19.1 Å². The Kier molecular flexibility index (Phi) is 7.05. The van der Waals surface area contributed by atoms with E-state index in [0.29, 0.717) is 19.0 Å². The first-order valence-electron chi connectivity index (χ1n) is 4.99. The molecule has 0 unspecified atom stereocenters. The van der Waals surface area contributed by atoms with Crippen LogP contribution in [0, 0.1) is 0 Å². The first kappa shape index (κ1) is 13.4. The van der Waals surface area contributed by atoms with Gasteiger partial charge in [-0.15, -0.1) is 9.35 Å². The Balaban J connectivity index is 2.42. The van der Waals surface area contributed by atoms with E-state index in [0.717, 1.165) is 0 Å². The fraction of sp³-hybridized carbons (Fsp3) is 0.400. The van der Waals surface area contributed by atoms with Gasteiger partial charge < -0.3 is 4.52 Å². The smallest absolute Gasteiger partial charge is 0.424 e. The van der Waals surface area contributed by atoms with E-state index in [1.54, 1.807) is 26.0 Å². The molecular formula is C10H15O5P. The summed E-state index contributed by atoms with van der Waals surface area (Å²) in [6.07, 6.45) is 0. The summed E-state index contributed by atoms with van der Waals surface area (Å²) >= 11 is 0. The molecule has 1 aromatic carbocycles. The molecule has 6 heteroatoms. The highest BCUT2D eigenvalue weighted by molar-refractivity contribution is 7.41. The predicted molar refractivity (Wildman–Crippen MR) is 59.4 cm³/mol. The van der Waals surface area contributed by atoms with Crippen molar-refractivity contribution >= 4 is 8.60 Å². The number of para-hydroxylation sites is 1. The Morgan fingerprint density at radius 2 is 1.50 bits per heavy atom. The Labute approximate surface area is 96.1 Å². The van der Waals surface area contributed by atoms with Crippen molar-refractivity contribution in [3.63, 3.8) is 0 Å². The number of hydrogen-bond acceptors (Lipinski definition) is 5. The minimum Gasteiger partial charge on any atom is -0.424 e. The van der Waals surface area contributed by atoms with E-state index in [1.165, 1.54) is 0 Å². The molecule has 0 bridgehead atoms. The van der Waals surface area contributed by atoms with Gasteiger partial charge in [-0.2, -0.15) is 0 Å². The molecule has 0 spiro atoms. The number of hydrogen-bond donors (Lipinski definition) is 0. The zero-order chi connectivity index (χ0) is 11.6. The highest BCUT2D eigenvalue weighted by Gasteiger charge is 2.17. The molecule has 0 N–H and O–H groups in total. The van der Waals surface area contributed by atoms with Crippen molar-refractivity contribution in [2.45, 2.75) is 13.8 Å². The molecule has 0 aromatic heterocycles. The Morgan fingerprint density at radius 3 is 2.00 bits per heavy atom. The first-order chi connectivity index (χ1) is 7.86. The molecule has 90 valence electrons. The van der Waals surface area contributed by atoms with Gasteiger partial charge in [0.1, 0.15) is 5.75 Å². The van der Waals surface area contributed by atoms with Crippen molar-refractivity contribution in [1.29, 1.82) is 0 Å². The van der Waals surface area contributed by atoms with Gasteiger partial charge in [0.05, 0.1) is 13.2 Å². The van der Waals surface area contributed by atoms with E-state index < -0.39 is 8.60 Å². The van der Waals surface area contributed by atoms with E-state index in [2.05, 4.69) is 0 Å². The summed E-state index contributed by atoms with van der Waals surface area (Å²) < 4.78 is 15.2. The van der Waals surface area contributed by atoms with Gasteiger partial charge in [-0.1, -0.05) is 18.2 Å². The molecule has 1 aromatic rings. The summed E-state index contributed by atoms with van der Waals surface area (Å²) in [7, 11) is -1.69. The van der Waals surface area contributed by atoms with Gasteiger partial charge in [0.2, 0.25) is 0 Å². The van der Waals surface area contributed by atoms with Crippen molar-refractivity contribution in [3.8, 4) is 5.75 Å². The van der Waals surface area contributed by atoms with Crippen molar-refractivity contribution in [3.05, 3.63) is 30.3 Å². The topological polar surface area (TPSA) is 46.2 Å². The van der Waals surface area contributed by atoms with Gasteiger partial charge in [0.25, 0.3) is 0 Å². The second-order valence-electron chi connectivity index (χ2n) is 2.59. The van der Waals surface area contributed by atoms with Crippen LogP contribution in [-0.4, -0.2) is 13.2 Å². The number of benzene rings is 1. The third-order valence-electron chi connectivity index (χ3n) is 1.39. The van der Waals surface area contributed by atoms with E-state index in [4.69, 9.17) is 23.6 Å². The summed E-state index contributed by atoms with van der Waals surface area (Å²) in [5, 5.41) is 0. The molecule has 1 rings (SSSR count). The minimum atomic E-state index is -1.69. The SMILES string of the molecule is CCOOP(OOCC)Oc1ccccc1. The van der Waals surface area contributed by atoms with Crippen LogP contribution >= 0.6 is 8.60 Å². The van der Waals surface area contributed by atoms with E-state index in [-0.39, 0.29) is 0 Å². The van der Waals surface area contributed by atoms with Crippen LogP contribution < -0.4 is 4.52 Å². The van der Waals surface area contributed by atoms with Crippen LogP contribution in [0.4, 0.5) is 0 Å². The fourth-order valence-corrected chi connectivity index (χ4v) is 1.56. The summed E-state index contributed by atoms with van der Waals surface area (Å²) in [6.45, 7) is 4.42. The second kappa shape index (κ2) is 8.44. The van der Waals surface area contributed by atoms with Crippen LogP contribution in [0.25, 0.3) is 0 Å². The summed E-state index contributed by atoms with van der Waals surface area (Å²) in [4.78, 5) is 9.53. The molecule has 0 aliphatic carbocycles. The van der Waals surface area contributed by atoms with Crippen molar-refractivity contribution in [2.75, 3.05) is 13.2 Å². The van der Waals surface area contributed by atoms with Gasteiger partial charge >= 0.3 is 8.60 Å². The largest absolute Gasteiger partial charge is 0.456 e. The highest BCUT2D eigenvalue weighted by Crippen LogP contribution is 2.40. The molecule has 0 saturated heterocycles. The maximum absolute atomic E-state index is 5.39. The van der Waals surface area contributed by atoms with E-state index in [1.807, 2.05) is 18.2 Å².